The molecule has 1 aliphatic rings. The van der Waals surface area contributed by atoms with Gasteiger partial charge in [-0.25, -0.2) is 0 Å². The highest BCUT2D eigenvalue weighted by molar-refractivity contribution is 5.87. The standard InChI is InChI=1S/C14H17NO2/c1-3-14(4-2)9-10(8-12(16)17)11-6-5-7-15-13(11)14/h5-7,9H,3-4,8H2,1-2H3,(H,16,17). The van der Waals surface area contributed by atoms with E-state index in [2.05, 4.69) is 24.9 Å². The Morgan fingerprint density at radius 1 is 1.41 bits per heavy atom. The van der Waals surface area contributed by atoms with Gasteiger partial charge in [-0.3, -0.25) is 9.78 Å². The molecule has 3 nitrogen and oxygen atoms in total. The van der Waals surface area contributed by atoms with Gasteiger partial charge in [0, 0.05) is 17.2 Å². The summed E-state index contributed by atoms with van der Waals surface area (Å²) in [6.45, 7) is 4.25. The number of aliphatic carboxylic acids is 1. The summed E-state index contributed by atoms with van der Waals surface area (Å²) >= 11 is 0. The summed E-state index contributed by atoms with van der Waals surface area (Å²) in [6, 6.07) is 3.85. The minimum absolute atomic E-state index is 0.0681. The Morgan fingerprint density at radius 2 is 2.12 bits per heavy atom. The molecule has 1 heterocycles. The summed E-state index contributed by atoms with van der Waals surface area (Å²) in [6.07, 6.45) is 5.89. The monoisotopic (exact) mass is 231 g/mol. The van der Waals surface area contributed by atoms with Crippen molar-refractivity contribution in [2.24, 2.45) is 0 Å². The summed E-state index contributed by atoms with van der Waals surface area (Å²) in [5.41, 5.74) is 2.89. The fourth-order valence-electron chi connectivity index (χ4n) is 2.64. The molecule has 0 aromatic carbocycles. The van der Waals surface area contributed by atoms with E-state index in [-0.39, 0.29) is 11.8 Å². The minimum Gasteiger partial charge on any atom is -0.481 e. The van der Waals surface area contributed by atoms with Crippen LogP contribution in [0.25, 0.3) is 5.57 Å². The van der Waals surface area contributed by atoms with E-state index in [0.717, 1.165) is 29.7 Å². The Bertz CT molecular complexity index is 473. The van der Waals surface area contributed by atoms with E-state index in [1.807, 2.05) is 12.1 Å². The Kier molecular flexibility index (Phi) is 3.01. The van der Waals surface area contributed by atoms with Gasteiger partial charge >= 0.3 is 5.97 Å². The molecule has 0 radical (unpaired) electrons. The molecule has 0 saturated heterocycles. The number of hydrogen-bond donors (Lipinski definition) is 1. The number of pyridine rings is 1. The van der Waals surface area contributed by atoms with Crippen LogP contribution >= 0.6 is 0 Å². The molecule has 0 spiro atoms. The molecule has 0 unspecified atom stereocenters. The van der Waals surface area contributed by atoms with Gasteiger partial charge in [-0.1, -0.05) is 26.0 Å². The number of fused-ring (bicyclic) bond motifs is 1. The van der Waals surface area contributed by atoms with E-state index in [1.54, 1.807) is 6.20 Å². The van der Waals surface area contributed by atoms with Gasteiger partial charge in [-0.15, -0.1) is 0 Å². The maximum Gasteiger partial charge on any atom is 0.307 e. The van der Waals surface area contributed by atoms with Crippen LogP contribution in [0.1, 0.15) is 44.4 Å². The fraction of sp³-hybridized carbons (Fsp3) is 0.429. The van der Waals surface area contributed by atoms with Crippen LogP contribution in [0.5, 0.6) is 0 Å². The molecule has 0 atom stereocenters. The van der Waals surface area contributed by atoms with Gasteiger partial charge in [0.25, 0.3) is 0 Å². The molecule has 1 aromatic heterocycles. The zero-order valence-electron chi connectivity index (χ0n) is 10.2. The second kappa shape index (κ2) is 4.32. The van der Waals surface area contributed by atoms with Gasteiger partial charge < -0.3 is 5.11 Å². The molecule has 0 bridgehead atoms. The lowest BCUT2D eigenvalue weighted by molar-refractivity contribution is -0.135. The van der Waals surface area contributed by atoms with Gasteiger partial charge in [0.05, 0.1) is 12.1 Å². The number of aromatic nitrogens is 1. The Hall–Kier alpha value is -1.64. The van der Waals surface area contributed by atoms with E-state index < -0.39 is 5.97 Å². The van der Waals surface area contributed by atoms with Crippen molar-refractivity contribution in [1.82, 2.24) is 4.98 Å². The topological polar surface area (TPSA) is 50.2 Å². The molecule has 0 saturated carbocycles. The molecule has 17 heavy (non-hydrogen) atoms. The van der Waals surface area contributed by atoms with E-state index in [9.17, 15) is 4.79 Å². The van der Waals surface area contributed by atoms with Crippen molar-refractivity contribution in [1.29, 1.82) is 0 Å². The normalized spacial score (nSPS) is 16.5. The second-order valence-electron chi connectivity index (χ2n) is 4.50. The van der Waals surface area contributed by atoms with E-state index in [4.69, 9.17) is 5.11 Å². The van der Waals surface area contributed by atoms with Crippen LogP contribution in [0.4, 0.5) is 0 Å². The summed E-state index contributed by atoms with van der Waals surface area (Å²) in [7, 11) is 0. The van der Waals surface area contributed by atoms with Gasteiger partial charge in [-0.05, 0) is 24.5 Å². The second-order valence-corrected chi connectivity index (χ2v) is 4.50. The molecular weight excluding hydrogens is 214 g/mol. The largest absolute Gasteiger partial charge is 0.481 e. The molecule has 1 aromatic rings. The van der Waals surface area contributed by atoms with Crippen molar-refractivity contribution in [2.75, 3.05) is 0 Å². The third-order valence-electron chi connectivity index (χ3n) is 3.68. The number of hydrogen-bond acceptors (Lipinski definition) is 2. The average molecular weight is 231 g/mol. The smallest absolute Gasteiger partial charge is 0.307 e. The third kappa shape index (κ3) is 1.86. The van der Waals surface area contributed by atoms with E-state index in [1.165, 1.54) is 0 Å². The first-order valence-electron chi connectivity index (χ1n) is 6.02. The van der Waals surface area contributed by atoms with Crippen molar-refractivity contribution in [2.45, 2.75) is 38.5 Å². The van der Waals surface area contributed by atoms with Crippen molar-refractivity contribution < 1.29 is 9.90 Å². The van der Waals surface area contributed by atoms with E-state index >= 15 is 0 Å². The number of carboxylic acid groups (broad SMARTS) is 1. The maximum absolute atomic E-state index is 10.9. The fourth-order valence-corrected chi connectivity index (χ4v) is 2.64. The number of nitrogens with zero attached hydrogens (tertiary/aromatic N) is 1. The maximum atomic E-state index is 10.9. The number of rotatable bonds is 4. The molecule has 90 valence electrons. The zero-order chi connectivity index (χ0) is 12.5. The summed E-state index contributed by atoms with van der Waals surface area (Å²) in [5.74, 6) is -0.783. The zero-order valence-corrected chi connectivity index (χ0v) is 10.2. The van der Waals surface area contributed by atoms with Gasteiger partial charge in [0.1, 0.15) is 0 Å². The quantitative estimate of drug-likeness (QED) is 0.866. The van der Waals surface area contributed by atoms with E-state index in [0.29, 0.717) is 0 Å². The number of allylic oxidation sites excluding steroid dienone is 1. The predicted molar refractivity (Wildman–Crippen MR) is 66.7 cm³/mol. The molecular formula is C14H17NO2. The first-order valence-corrected chi connectivity index (χ1v) is 6.02. The molecule has 2 rings (SSSR count). The summed E-state index contributed by atoms with van der Waals surface area (Å²) < 4.78 is 0. The summed E-state index contributed by atoms with van der Waals surface area (Å²) in [5, 5.41) is 8.95. The molecule has 0 amide bonds. The Labute approximate surface area is 101 Å². The molecule has 1 N–H and O–H groups in total. The molecule has 0 fully saturated rings. The predicted octanol–water partition coefficient (Wildman–Crippen LogP) is 3.01. The molecule has 0 aliphatic heterocycles. The Balaban J connectivity index is 2.52. The highest BCUT2D eigenvalue weighted by Gasteiger charge is 2.36. The summed E-state index contributed by atoms with van der Waals surface area (Å²) in [4.78, 5) is 15.4. The average Bonchev–Trinajstić information content (AvgIpc) is 2.64. The number of carbonyl (C=O) groups is 1. The minimum atomic E-state index is -0.783. The molecule has 3 heteroatoms. The first-order chi connectivity index (χ1) is 8.13. The van der Waals surface area contributed by atoms with Crippen molar-refractivity contribution in [3.05, 3.63) is 35.7 Å². The first kappa shape index (κ1) is 11.8. The van der Waals surface area contributed by atoms with Crippen molar-refractivity contribution in [3.8, 4) is 0 Å². The van der Waals surface area contributed by atoms with Crippen LogP contribution in [0.3, 0.4) is 0 Å². The Morgan fingerprint density at radius 3 is 2.71 bits per heavy atom. The lowest BCUT2D eigenvalue weighted by Gasteiger charge is -2.24. The van der Waals surface area contributed by atoms with Gasteiger partial charge in [0.15, 0.2) is 0 Å². The highest BCUT2D eigenvalue weighted by atomic mass is 16.4. The van der Waals surface area contributed by atoms with Crippen molar-refractivity contribution in [3.63, 3.8) is 0 Å². The lowest BCUT2D eigenvalue weighted by Crippen LogP contribution is -2.20. The third-order valence-corrected chi connectivity index (χ3v) is 3.68. The van der Waals surface area contributed by atoms with Gasteiger partial charge in [-0.2, -0.15) is 0 Å². The molecule has 1 aliphatic carbocycles. The highest BCUT2D eigenvalue weighted by Crippen LogP contribution is 2.44. The number of carboxylic acids is 1. The van der Waals surface area contributed by atoms with Crippen LogP contribution < -0.4 is 0 Å². The van der Waals surface area contributed by atoms with Crippen LogP contribution in [-0.4, -0.2) is 16.1 Å². The van der Waals surface area contributed by atoms with Crippen LogP contribution in [0.15, 0.2) is 24.4 Å². The van der Waals surface area contributed by atoms with Crippen LogP contribution in [0.2, 0.25) is 0 Å². The van der Waals surface area contributed by atoms with Crippen LogP contribution in [-0.2, 0) is 10.2 Å². The van der Waals surface area contributed by atoms with Gasteiger partial charge in [0.2, 0.25) is 0 Å². The lowest BCUT2D eigenvalue weighted by atomic mass is 9.81. The van der Waals surface area contributed by atoms with Crippen LogP contribution in [0, 0.1) is 0 Å². The van der Waals surface area contributed by atoms with Crippen molar-refractivity contribution >= 4 is 11.5 Å². The SMILES string of the molecule is CCC1(CC)C=C(CC(=O)O)c2cccnc21.